The van der Waals surface area contributed by atoms with Crippen molar-refractivity contribution in [3.63, 3.8) is 0 Å². The van der Waals surface area contributed by atoms with Crippen LogP contribution in [0.15, 0.2) is 47.7 Å². The summed E-state index contributed by atoms with van der Waals surface area (Å²) in [6.07, 6.45) is 10.6. The first-order valence-corrected chi connectivity index (χ1v) is 17.5. The quantitative estimate of drug-likeness (QED) is 0.365. The number of aromatic nitrogens is 1. The van der Waals surface area contributed by atoms with Crippen LogP contribution in [0.2, 0.25) is 0 Å². The van der Waals surface area contributed by atoms with Crippen LogP contribution in [-0.2, 0) is 16.0 Å². The number of hydrogen-bond donors (Lipinski definition) is 1. The van der Waals surface area contributed by atoms with Crippen LogP contribution in [0.4, 0.5) is 0 Å². The van der Waals surface area contributed by atoms with Crippen LogP contribution in [0.1, 0.15) is 112 Å². The van der Waals surface area contributed by atoms with E-state index in [0.29, 0.717) is 24.7 Å². The topological polar surface area (TPSA) is 67.3 Å². The molecule has 1 aromatic carbocycles. The van der Waals surface area contributed by atoms with Crippen LogP contribution >= 0.6 is 12.4 Å². The van der Waals surface area contributed by atoms with E-state index in [-0.39, 0.29) is 63.6 Å². The molecule has 0 spiro atoms. The number of benzene rings is 1. The van der Waals surface area contributed by atoms with E-state index in [0.717, 1.165) is 67.0 Å². The Morgan fingerprint density at radius 1 is 0.933 bits per heavy atom. The second-order valence-electron chi connectivity index (χ2n) is 17.3. The molecule has 1 N–H and O–H groups in total. The van der Waals surface area contributed by atoms with Crippen LogP contribution in [0.5, 0.6) is 0 Å². The molecule has 0 radical (unpaired) electrons. The summed E-state index contributed by atoms with van der Waals surface area (Å²) in [5, 5.41) is 12.1. The zero-order chi connectivity index (χ0) is 31.4. The summed E-state index contributed by atoms with van der Waals surface area (Å²) < 4.78 is 0. The summed E-state index contributed by atoms with van der Waals surface area (Å²) in [6.45, 7) is 16.6. The smallest absolute Gasteiger partial charge is 0.160 e. The molecule has 5 aliphatic rings. The van der Waals surface area contributed by atoms with Crippen LogP contribution in [0.3, 0.4) is 0 Å². The summed E-state index contributed by atoms with van der Waals surface area (Å²) in [5.74, 6) is 1.94. The first-order chi connectivity index (χ1) is 20.7. The number of allylic oxidation sites excluding steroid dienone is 2. The van der Waals surface area contributed by atoms with Gasteiger partial charge < -0.3 is 5.11 Å². The van der Waals surface area contributed by atoms with E-state index in [9.17, 15) is 14.7 Å². The van der Waals surface area contributed by atoms with Gasteiger partial charge in [0.2, 0.25) is 0 Å². The van der Waals surface area contributed by atoms with E-state index in [1.165, 1.54) is 12.0 Å². The molecule has 5 aliphatic carbocycles. The summed E-state index contributed by atoms with van der Waals surface area (Å²) >= 11 is 0. The van der Waals surface area contributed by atoms with Crippen LogP contribution in [-0.4, -0.2) is 27.8 Å². The highest BCUT2D eigenvalue weighted by Crippen LogP contribution is 2.76. The van der Waals surface area contributed by atoms with Crippen molar-refractivity contribution in [1.82, 2.24) is 4.98 Å². The number of hydrogen-bond acceptors (Lipinski definition) is 4. The molecule has 5 heteroatoms. The van der Waals surface area contributed by atoms with Gasteiger partial charge in [0, 0.05) is 24.4 Å². The van der Waals surface area contributed by atoms with Crippen molar-refractivity contribution < 1.29 is 14.7 Å². The second kappa shape index (κ2) is 10.7. The summed E-state index contributed by atoms with van der Waals surface area (Å²) in [7, 11) is 0. The number of aliphatic hydroxyl groups is 1. The molecule has 4 nitrogen and oxygen atoms in total. The minimum atomic E-state index is -0.673. The maximum atomic E-state index is 14.7. The van der Waals surface area contributed by atoms with Crippen molar-refractivity contribution in [3.8, 4) is 0 Å². The van der Waals surface area contributed by atoms with E-state index in [1.54, 1.807) is 0 Å². The standard InChI is InChI=1S/C40H53NO3.ClH/c1-24(2)34-29(42)22-40(33(44)21-25-20-26-10-8-9-11-28(26)41-23-25)19-18-38(6)27(35(34)40)12-13-31-37(5)16-15-32(43)36(3,4)30(37)14-17-39(31,38)7;/h8-11,20,23-24,27,30-32,43H,12-19,21-22H2,1-7H3;1H/t27-,30+,31-,32+,37+,38-,39-,40+;/m1./s1. The zero-order valence-electron chi connectivity index (χ0n) is 28.5. The Balaban J connectivity index is 0.00000357. The molecule has 1 heterocycles. The Morgan fingerprint density at radius 3 is 2.40 bits per heavy atom. The van der Waals surface area contributed by atoms with E-state index in [2.05, 4.69) is 65.6 Å². The molecule has 0 amide bonds. The SMILES string of the molecule is CC(C)C1=C2[C@H]3CC[C@@H]4[C@@]5(C)CC[C@H](O)C(C)(C)[C@@H]5CC[C@@]4(C)[C@]3(C)CC[C@@]2(C(=O)Cc2cnc3ccccc3c2)CC1=O.Cl. The van der Waals surface area contributed by atoms with Gasteiger partial charge in [-0.25, -0.2) is 0 Å². The minimum Gasteiger partial charge on any atom is -0.393 e. The normalized spacial score (nSPS) is 40.3. The minimum absolute atomic E-state index is 0. The summed E-state index contributed by atoms with van der Waals surface area (Å²) in [6, 6.07) is 10.2. The van der Waals surface area contributed by atoms with Gasteiger partial charge in [0.05, 0.1) is 17.0 Å². The molecular weight excluding hydrogens is 578 g/mol. The molecule has 4 saturated carbocycles. The molecule has 45 heavy (non-hydrogen) atoms. The predicted octanol–water partition coefficient (Wildman–Crippen LogP) is 9.11. The van der Waals surface area contributed by atoms with Gasteiger partial charge >= 0.3 is 0 Å². The highest BCUT2D eigenvalue weighted by atomic mass is 35.5. The number of aliphatic hydroxyl groups excluding tert-OH is 1. The third-order valence-electron chi connectivity index (χ3n) is 15.0. The molecule has 2 aromatic rings. The molecule has 0 bridgehead atoms. The number of carbonyl (C=O) groups excluding carboxylic acids is 2. The highest BCUT2D eigenvalue weighted by Gasteiger charge is 2.70. The number of nitrogens with zero attached hydrogens (tertiary/aromatic N) is 1. The molecule has 244 valence electrons. The lowest BCUT2D eigenvalue weighted by molar-refractivity contribution is -0.228. The average molecular weight is 632 g/mol. The molecule has 8 atom stereocenters. The van der Waals surface area contributed by atoms with E-state index in [4.69, 9.17) is 0 Å². The fraction of sp³-hybridized carbons (Fsp3) is 0.675. The van der Waals surface area contributed by atoms with Gasteiger partial charge in [-0.1, -0.05) is 66.7 Å². The maximum absolute atomic E-state index is 14.7. The number of para-hydroxylation sites is 1. The summed E-state index contributed by atoms with van der Waals surface area (Å²) in [5.41, 5.74) is 3.76. The molecule has 4 fully saturated rings. The second-order valence-corrected chi connectivity index (χ2v) is 17.3. The number of pyridine rings is 1. The Labute approximate surface area is 276 Å². The van der Waals surface area contributed by atoms with Gasteiger partial charge in [-0.05, 0) is 126 Å². The maximum Gasteiger partial charge on any atom is 0.160 e. The number of Topliss-reactive ketones (excluding diaryl/α,β-unsaturated/α-hetero) is 2. The van der Waals surface area contributed by atoms with Gasteiger partial charge in [0.1, 0.15) is 5.78 Å². The average Bonchev–Trinajstić information content (AvgIpc) is 3.29. The lowest BCUT2D eigenvalue weighted by atomic mass is 9.33. The molecule has 0 unspecified atom stereocenters. The Bertz CT molecular complexity index is 1580. The largest absolute Gasteiger partial charge is 0.393 e. The Morgan fingerprint density at radius 2 is 1.67 bits per heavy atom. The number of ketones is 2. The lowest BCUT2D eigenvalue weighted by Crippen LogP contribution is -2.65. The van der Waals surface area contributed by atoms with Crippen molar-refractivity contribution in [2.24, 2.45) is 50.7 Å². The van der Waals surface area contributed by atoms with Crippen molar-refractivity contribution in [2.75, 3.05) is 0 Å². The lowest BCUT2D eigenvalue weighted by Gasteiger charge is -2.72. The zero-order valence-corrected chi connectivity index (χ0v) is 29.4. The van der Waals surface area contributed by atoms with Gasteiger partial charge in [-0.3, -0.25) is 14.6 Å². The first-order valence-electron chi connectivity index (χ1n) is 17.5. The monoisotopic (exact) mass is 631 g/mol. The molecule has 1 aromatic heterocycles. The van der Waals surface area contributed by atoms with Crippen LogP contribution in [0, 0.1) is 50.7 Å². The fourth-order valence-corrected chi connectivity index (χ4v) is 12.5. The fourth-order valence-electron chi connectivity index (χ4n) is 12.5. The van der Waals surface area contributed by atoms with Crippen molar-refractivity contribution in [3.05, 3.63) is 53.2 Å². The predicted molar refractivity (Wildman–Crippen MR) is 183 cm³/mol. The number of rotatable bonds is 4. The Hall–Kier alpha value is -2.04. The third kappa shape index (κ3) is 4.36. The van der Waals surface area contributed by atoms with Crippen molar-refractivity contribution in [2.45, 2.75) is 119 Å². The van der Waals surface area contributed by atoms with Crippen molar-refractivity contribution >= 4 is 34.9 Å². The van der Waals surface area contributed by atoms with E-state index in [1.807, 2.05) is 24.4 Å². The molecule has 0 aliphatic heterocycles. The molecule has 0 saturated heterocycles. The molecule has 7 rings (SSSR count). The number of carbonyl (C=O) groups is 2. The van der Waals surface area contributed by atoms with E-state index < -0.39 is 5.41 Å². The highest BCUT2D eigenvalue weighted by molar-refractivity contribution is 6.07. The summed E-state index contributed by atoms with van der Waals surface area (Å²) in [4.78, 5) is 33.3. The van der Waals surface area contributed by atoms with E-state index >= 15 is 0 Å². The van der Waals surface area contributed by atoms with Crippen molar-refractivity contribution in [1.29, 1.82) is 0 Å². The Kier molecular flexibility index (Phi) is 7.85. The molecular formula is C40H54ClNO3. The first kappa shape index (κ1) is 32.9. The number of fused-ring (bicyclic) bond motifs is 8. The van der Waals surface area contributed by atoms with Gasteiger partial charge in [0.15, 0.2) is 5.78 Å². The third-order valence-corrected chi connectivity index (χ3v) is 15.0. The van der Waals surface area contributed by atoms with Crippen LogP contribution in [0.25, 0.3) is 10.9 Å². The van der Waals surface area contributed by atoms with Gasteiger partial charge in [-0.15, -0.1) is 12.4 Å². The van der Waals surface area contributed by atoms with Gasteiger partial charge in [-0.2, -0.15) is 0 Å². The van der Waals surface area contributed by atoms with Gasteiger partial charge in [0.25, 0.3) is 0 Å². The number of halogens is 1. The van der Waals surface area contributed by atoms with Crippen LogP contribution < -0.4 is 0 Å².